The summed E-state index contributed by atoms with van der Waals surface area (Å²) in [4.78, 5) is 12.8. The predicted octanol–water partition coefficient (Wildman–Crippen LogP) is 4.66. The van der Waals surface area contributed by atoms with Crippen LogP contribution in [-0.2, 0) is 6.42 Å². The lowest BCUT2D eigenvalue weighted by Crippen LogP contribution is -2.17. The van der Waals surface area contributed by atoms with Crippen molar-refractivity contribution in [1.29, 1.82) is 0 Å². The van der Waals surface area contributed by atoms with E-state index in [0.29, 0.717) is 5.02 Å². The van der Waals surface area contributed by atoms with Gasteiger partial charge in [-0.2, -0.15) is 0 Å². The number of hydrogen-bond acceptors (Lipinski definition) is 4. The van der Waals surface area contributed by atoms with Crippen LogP contribution in [0.25, 0.3) is 0 Å². The van der Waals surface area contributed by atoms with Gasteiger partial charge in [-0.15, -0.1) is 11.3 Å². The summed E-state index contributed by atoms with van der Waals surface area (Å²) in [5.41, 5.74) is 0.722. The van der Waals surface area contributed by atoms with Crippen molar-refractivity contribution in [2.75, 3.05) is 5.32 Å². The first kappa shape index (κ1) is 14.8. The fourth-order valence-electron chi connectivity index (χ4n) is 1.95. The molecule has 0 bridgehead atoms. The van der Waals surface area contributed by atoms with E-state index in [1.54, 1.807) is 17.4 Å². The highest BCUT2D eigenvalue weighted by Crippen LogP contribution is 2.27. The number of non-ortho nitro benzene ring substituents is 1. The van der Waals surface area contributed by atoms with Gasteiger partial charge in [-0.3, -0.25) is 10.1 Å². The highest BCUT2D eigenvalue weighted by Gasteiger charge is 2.12. The first-order valence-electron chi connectivity index (χ1n) is 6.21. The molecule has 1 heterocycles. The number of hydrogen-bond donors (Lipinski definition) is 1. The number of halogens is 1. The fraction of sp³-hybridized carbons (Fsp3) is 0.286. The maximum atomic E-state index is 10.7. The van der Waals surface area contributed by atoms with E-state index >= 15 is 0 Å². The van der Waals surface area contributed by atoms with Crippen LogP contribution in [0, 0.1) is 17.0 Å². The summed E-state index contributed by atoms with van der Waals surface area (Å²) >= 11 is 7.84. The van der Waals surface area contributed by atoms with E-state index in [-0.39, 0.29) is 11.7 Å². The molecule has 0 aliphatic heterocycles. The Morgan fingerprint density at radius 3 is 2.70 bits per heavy atom. The molecule has 0 spiro atoms. The van der Waals surface area contributed by atoms with Crippen LogP contribution in [0.2, 0.25) is 5.02 Å². The first-order chi connectivity index (χ1) is 9.45. The predicted molar refractivity (Wildman–Crippen MR) is 84.0 cm³/mol. The Balaban J connectivity index is 2.04. The van der Waals surface area contributed by atoms with Crippen molar-refractivity contribution in [3.63, 3.8) is 0 Å². The topological polar surface area (TPSA) is 55.2 Å². The first-order valence-corrected chi connectivity index (χ1v) is 7.41. The maximum absolute atomic E-state index is 10.7. The Morgan fingerprint density at radius 1 is 1.40 bits per heavy atom. The Labute approximate surface area is 126 Å². The number of nitrogens with one attached hydrogen (secondary N) is 1. The van der Waals surface area contributed by atoms with Crippen molar-refractivity contribution < 1.29 is 4.92 Å². The lowest BCUT2D eigenvalue weighted by atomic mass is 10.2. The van der Waals surface area contributed by atoms with E-state index in [0.717, 1.165) is 12.1 Å². The van der Waals surface area contributed by atoms with Crippen LogP contribution < -0.4 is 5.32 Å². The second-order valence-electron chi connectivity index (χ2n) is 4.68. The number of thiophene rings is 1. The Morgan fingerprint density at radius 2 is 2.15 bits per heavy atom. The van der Waals surface area contributed by atoms with Crippen LogP contribution >= 0.6 is 22.9 Å². The number of nitrogens with zero attached hydrogens (tertiary/aromatic N) is 1. The van der Waals surface area contributed by atoms with Gasteiger partial charge in [0.25, 0.3) is 5.69 Å². The molecule has 0 aliphatic carbocycles. The third-order valence-electron chi connectivity index (χ3n) is 2.87. The minimum atomic E-state index is -0.451. The summed E-state index contributed by atoms with van der Waals surface area (Å²) < 4.78 is 0. The normalized spacial score (nSPS) is 12.2. The second-order valence-corrected chi connectivity index (χ2v) is 6.46. The molecular formula is C14H15ClN2O2S. The van der Waals surface area contributed by atoms with Crippen LogP contribution in [0.15, 0.2) is 30.3 Å². The molecule has 1 aromatic carbocycles. The number of nitro groups is 1. The van der Waals surface area contributed by atoms with Crippen LogP contribution in [0.4, 0.5) is 11.4 Å². The van der Waals surface area contributed by atoms with E-state index in [1.165, 1.54) is 21.9 Å². The lowest BCUT2D eigenvalue weighted by Gasteiger charge is -2.15. The highest BCUT2D eigenvalue weighted by molar-refractivity contribution is 7.11. The molecule has 0 aliphatic rings. The number of benzene rings is 1. The van der Waals surface area contributed by atoms with E-state index in [4.69, 9.17) is 11.6 Å². The third-order valence-corrected chi connectivity index (χ3v) is 4.20. The zero-order valence-corrected chi connectivity index (χ0v) is 12.8. The molecule has 6 heteroatoms. The van der Waals surface area contributed by atoms with Gasteiger partial charge in [0.2, 0.25) is 0 Å². The Hall–Kier alpha value is -1.59. The number of aryl methyl sites for hydroxylation is 1. The molecule has 106 valence electrons. The van der Waals surface area contributed by atoms with Gasteiger partial charge in [-0.05, 0) is 32.0 Å². The van der Waals surface area contributed by atoms with Gasteiger partial charge < -0.3 is 5.32 Å². The summed E-state index contributed by atoms with van der Waals surface area (Å²) in [7, 11) is 0. The maximum Gasteiger partial charge on any atom is 0.271 e. The molecule has 0 saturated heterocycles. The summed E-state index contributed by atoms with van der Waals surface area (Å²) in [6, 6.07) is 8.90. The molecule has 0 fully saturated rings. The van der Waals surface area contributed by atoms with E-state index in [9.17, 15) is 10.1 Å². The third kappa shape index (κ3) is 3.71. The molecule has 4 nitrogen and oxygen atoms in total. The molecular weight excluding hydrogens is 296 g/mol. The minimum Gasteiger partial charge on any atom is -0.381 e. The Bertz CT molecular complexity index is 627. The van der Waals surface area contributed by atoms with E-state index < -0.39 is 4.92 Å². The molecule has 2 aromatic rings. The summed E-state index contributed by atoms with van der Waals surface area (Å²) in [6.45, 7) is 4.15. The molecule has 1 N–H and O–H groups in total. The standard InChI is InChI=1S/C14H15ClN2O2S/c1-9(7-12-5-3-10(2)20-12)16-14-6-4-11(17(18)19)8-13(14)15/h3-6,8-9,16H,7H2,1-2H3. The fourth-order valence-corrected chi connectivity index (χ4v) is 3.20. The van der Waals surface area contributed by atoms with Crippen molar-refractivity contribution in [3.05, 3.63) is 55.2 Å². The highest BCUT2D eigenvalue weighted by atomic mass is 35.5. The van der Waals surface area contributed by atoms with E-state index in [1.807, 2.05) is 0 Å². The minimum absolute atomic E-state index is 0.00193. The summed E-state index contributed by atoms with van der Waals surface area (Å²) in [6.07, 6.45) is 0.895. The van der Waals surface area contributed by atoms with Gasteiger partial charge in [0.1, 0.15) is 0 Å². The van der Waals surface area contributed by atoms with Gasteiger partial charge in [-0.1, -0.05) is 11.6 Å². The molecule has 1 unspecified atom stereocenters. The van der Waals surface area contributed by atoms with E-state index in [2.05, 4.69) is 31.3 Å². The molecule has 0 amide bonds. The summed E-state index contributed by atoms with van der Waals surface area (Å²) in [5, 5.41) is 14.3. The monoisotopic (exact) mass is 310 g/mol. The van der Waals surface area contributed by atoms with Crippen LogP contribution in [-0.4, -0.2) is 11.0 Å². The summed E-state index contributed by atoms with van der Waals surface area (Å²) in [5.74, 6) is 0. The zero-order chi connectivity index (χ0) is 14.7. The van der Waals surface area contributed by atoms with Gasteiger partial charge >= 0.3 is 0 Å². The molecule has 2 rings (SSSR count). The smallest absolute Gasteiger partial charge is 0.271 e. The average Bonchev–Trinajstić information content (AvgIpc) is 2.77. The molecule has 1 atom stereocenters. The van der Waals surface area contributed by atoms with Crippen molar-refractivity contribution >= 4 is 34.3 Å². The largest absolute Gasteiger partial charge is 0.381 e. The average molecular weight is 311 g/mol. The van der Waals surface area contributed by atoms with Crippen molar-refractivity contribution in [2.45, 2.75) is 26.3 Å². The Kier molecular flexibility index (Phi) is 4.62. The van der Waals surface area contributed by atoms with Crippen LogP contribution in [0.3, 0.4) is 0 Å². The van der Waals surface area contributed by atoms with Gasteiger partial charge in [0.15, 0.2) is 0 Å². The van der Waals surface area contributed by atoms with Gasteiger partial charge in [0, 0.05) is 34.3 Å². The van der Waals surface area contributed by atoms with Crippen molar-refractivity contribution in [1.82, 2.24) is 0 Å². The quantitative estimate of drug-likeness (QED) is 0.645. The second kappa shape index (κ2) is 6.24. The lowest BCUT2D eigenvalue weighted by molar-refractivity contribution is -0.384. The number of anilines is 1. The van der Waals surface area contributed by atoms with Crippen LogP contribution in [0.5, 0.6) is 0 Å². The number of nitro benzene ring substituents is 1. The molecule has 0 saturated carbocycles. The van der Waals surface area contributed by atoms with Gasteiger partial charge in [-0.25, -0.2) is 0 Å². The zero-order valence-electron chi connectivity index (χ0n) is 11.2. The molecule has 0 radical (unpaired) electrons. The molecule has 1 aromatic heterocycles. The molecule has 20 heavy (non-hydrogen) atoms. The SMILES string of the molecule is Cc1ccc(CC(C)Nc2ccc([N+](=O)[O-])cc2Cl)s1. The van der Waals surface area contributed by atoms with Crippen LogP contribution in [0.1, 0.15) is 16.7 Å². The van der Waals surface area contributed by atoms with Crippen molar-refractivity contribution in [3.8, 4) is 0 Å². The van der Waals surface area contributed by atoms with Crippen molar-refractivity contribution in [2.24, 2.45) is 0 Å². The van der Waals surface area contributed by atoms with Gasteiger partial charge in [0.05, 0.1) is 15.6 Å². The number of rotatable bonds is 5.